The first kappa shape index (κ1) is 11.0. The first-order chi connectivity index (χ1) is 7.92. The Kier molecular flexibility index (Phi) is 3.43. The molecule has 4 nitrogen and oxygen atoms in total. The molecule has 16 heavy (non-hydrogen) atoms. The van der Waals surface area contributed by atoms with Gasteiger partial charge in [-0.25, -0.2) is 0 Å². The second-order valence-electron chi connectivity index (χ2n) is 4.94. The molecule has 2 saturated heterocycles. The SMILES string of the molecule is C1CC[C@H](OC[C@H]2CO2)[C@@H](OC[C@H]2CO2)C1. The van der Waals surface area contributed by atoms with E-state index in [0.717, 1.165) is 39.3 Å². The van der Waals surface area contributed by atoms with Gasteiger partial charge in [0.2, 0.25) is 0 Å². The van der Waals surface area contributed by atoms with Crippen molar-refractivity contribution < 1.29 is 18.9 Å². The molecule has 3 fully saturated rings. The van der Waals surface area contributed by atoms with E-state index in [1.165, 1.54) is 12.8 Å². The first-order valence-electron chi connectivity index (χ1n) is 6.38. The summed E-state index contributed by atoms with van der Waals surface area (Å²) in [6.45, 7) is 3.22. The molecule has 0 amide bonds. The summed E-state index contributed by atoms with van der Waals surface area (Å²) in [7, 11) is 0. The van der Waals surface area contributed by atoms with E-state index in [2.05, 4.69) is 0 Å². The molecule has 2 aliphatic heterocycles. The van der Waals surface area contributed by atoms with Crippen molar-refractivity contribution in [2.45, 2.75) is 50.1 Å². The van der Waals surface area contributed by atoms with E-state index in [0.29, 0.717) is 12.2 Å². The van der Waals surface area contributed by atoms with Gasteiger partial charge in [0.15, 0.2) is 0 Å². The molecule has 1 aliphatic carbocycles. The van der Waals surface area contributed by atoms with Crippen molar-refractivity contribution in [1.82, 2.24) is 0 Å². The average molecular weight is 228 g/mol. The van der Waals surface area contributed by atoms with E-state index in [1.54, 1.807) is 0 Å². The molecule has 0 aromatic rings. The van der Waals surface area contributed by atoms with Gasteiger partial charge in [0, 0.05) is 0 Å². The normalized spacial score (nSPS) is 42.0. The van der Waals surface area contributed by atoms with Gasteiger partial charge in [-0.1, -0.05) is 12.8 Å². The van der Waals surface area contributed by atoms with Gasteiger partial charge in [0.1, 0.15) is 12.2 Å². The van der Waals surface area contributed by atoms with Crippen LogP contribution in [0.15, 0.2) is 0 Å². The van der Waals surface area contributed by atoms with Gasteiger partial charge in [-0.05, 0) is 12.8 Å². The van der Waals surface area contributed by atoms with Crippen molar-refractivity contribution in [3.8, 4) is 0 Å². The Bertz CT molecular complexity index is 201. The smallest absolute Gasteiger partial charge is 0.104 e. The van der Waals surface area contributed by atoms with Gasteiger partial charge < -0.3 is 18.9 Å². The molecule has 3 aliphatic rings. The minimum atomic E-state index is 0.275. The minimum absolute atomic E-state index is 0.275. The standard InChI is InChI=1S/C12H20O4/c1-2-4-12(16-8-10-6-14-10)11(3-1)15-7-9-5-13-9/h9-12H,1-8H2/t9-,10-,11+,12+/m1/s1. The predicted molar refractivity (Wildman–Crippen MR) is 57.4 cm³/mol. The molecule has 2 heterocycles. The van der Waals surface area contributed by atoms with E-state index in [9.17, 15) is 0 Å². The molecule has 4 atom stereocenters. The van der Waals surface area contributed by atoms with Crippen LogP contribution < -0.4 is 0 Å². The van der Waals surface area contributed by atoms with Crippen LogP contribution in [-0.2, 0) is 18.9 Å². The van der Waals surface area contributed by atoms with Gasteiger partial charge in [-0.2, -0.15) is 0 Å². The molecule has 3 rings (SSSR count). The Morgan fingerprint density at radius 1 is 0.812 bits per heavy atom. The first-order valence-corrected chi connectivity index (χ1v) is 6.38. The van der Waals surface area contributed by atoms with Crippen LogP contribution in [0.4, 0.5) is 0 Å². The van der Waals surface area contributed by atoms with Crippen LogP contribution >= 0.6 is 0 Å². The zero-order valence-electron chi connectivity index (χ0n) is 9.60. The molecule has 0 bridgehead atoms. The van der Waals surface area contributed by atoms with Gasteiger partial charge >= 0.3 is 0 Å². The maximum Gasteiger partial charge on any atom is 0.104 e. The van der Waals surface area contributed by atoms with E-state index in [1.807, 2.05) is 0 Å². The van der Waals surface area contributed by atoms with Gasteiger partial charge in [-0.3, -0.25) is 0 Å². The summed E-state index contributed by atoms with van der Waals surface area (Å²) in [5, 5.41) is 0. The third-order valence-corrected chi connectivity index (χ3v) is 3.44. The topological polar surface area (TPSA) is 43.5 Å². The molecule has 1 saturated carbocycles. The number of ether oxygens (including phenoxy) is 4. The minimum Gasteiger partial charge on any atom is -0.373 e. The quantitative estimate of drug-likeness (QED) is 0.639. The van der Waals surface area contributed by atoms with Crippen LogP contribution in [0, 0.1) is 0 Å². The van der Waals surface area contributed by atoms with Gasteiger partial charge in [0.05, 0.1) is 38.6 Å². The molecule has 4 heteroatoms. The summed E-state index contributed by atoms with van der Waals surface area (Å²) in [4.78, 5) is 0. The number of rotatable bonds is 6. The van der Waals surface area contributed by atoms with Crippen LogP contribution in [0.25, 0.3) is 0 Å². The Morgan fingerprint density at radius 3 is 1.62 bits per heavy atom. The molecule has 0 N–H and O–H groups in total. The average Bonchev–Trinajstić information content (AvgIpc) is 3.17. The van der Waals surface area contributed by atoms with Gasteiger partial charge in [0.25, 0.3) is 0 Å². The molecule has 92 valence electrons. The Morgan fingerprint density at radius 2 is 1.25 bits per heavy atom. The summed E-state index contributed by atoms with van der Waals surface area (Å²) in [6.07, 6.45) is 6.04. The zero-order chi connectivity index (χ0) is 10.8. The van der Waals surface area contributed by atoms with Gasteiger partial charge in [-0.15, -0.1) is 0 Å². The predicted octanol–water partition coefficient (Wildman–Crippen LogP) is 1.13. The highest BCUT2D eigenvalue weighted by Crippen LogP contribution is 2.26. The third-order valence-electron chi connectivity index (χ3n) is 3.44. The van der Waals surface area contributed by atoms with Crippen LogP contribution in [-0.4, -0.2) is 50.8 Å². The maximum atomic E-state index is 5.88. The third kappa shape index (κ3) is 3.17. The van der Waals surface area contributed by atoms with Crippen molar-refractivity contribution in [1.29, 1.82) is 0 Å². The summed E-state index contributed by atoms with van der Waals surface area (Å²) < 4.78 is 22.1. The van der Waals surface area contributed by atoms with E-state index >= 15 is 0 Å². The summed E-state index contributed by atoms with van der Waals surface area (Å²) in [5.41, 5.74) is 0. The van der Waals surface area contributed by atoms with E-state index in [4.69, 9.17) is 18.9 Å². The maximum absolute atomic E-state index is 5.88. The molecular formula is C12H20O4. The highest BCUT2D eigenvalue weighted by Gasteiger charge is 2.32. The molecule has 0 radical (unpaired) electrons. The van der Waals surface area contributed by atoms with Crippen molar-refractivity contribution >= 4 is 0 Å². The Labute approximate surface area is 96.2 Å². The molecule has 0 aromatic carbocycles. The summed E-state index contributed by atoms with van der Waals surface area (Å²) in [5.74, 6) is 0. The Balaban J connectivity index is 1.42. The lowest BCUT2D eigenvalue weighted by molar-refractivity contribution is -0.0968. The lowest BCUT2D eigenvalue weighted by Gasteiger charge is -2.31. The lowest BCUT2D eigenvalue weighted by Crippen LogP contribution is -2.36. The summed E-state index contributed by atoms with van der Waals surface area (Å²) >= 11 is 0. The second-order valence-corrected chi connectivity index (χ2v) is 4.94. The monoisotopic (exact) mass is 228 g/mol. The molecule has 0 unspecified atom stereocenters. The number of epoxide rings is 2. The van der Waals surface area contributed by atoms with Crippen LogP contribution in [0.2, 0.25) is 0 Å². The van der Waals surface area contributed by atoms with Crippen molar-refractivity contribution in [2.75, 3.05) is 26.4 Å². The fraction of sp³-hybridized carbons (Fsp3) is 1.00. The van der Waals surface area contributed by atoms with Crippen molar-refractivity contribution in [2.24, 2.45) is 0 Å². The summed E-state index contributed by atoms with van der Waals surface area (Å²) in [6, 6.07) is 0. The molecule has 0 spiro atoms. The van der Waals surface area contributed by atoms with Crippen LogP contribution in [0.3, 0.4) is 0 Å². The van der Waals surface area contributed by atoms with Crippen molar-refractivity contribution in [3.63, 3.8) is 0 Å². The molecular weight excluding hydrogens is 208 g/mol. The van der Waals surface area contributed by atoms with Crippen molar-refractivity contribution in [3.05, 3.63) is 0 Å². The fourth-order valence-corrected chi connectivity index (χ4v) is 2.23. The van der Waals surface area contributed by atoms with E-state index < -0.39 is 0 Å². The zero-order valence-corrected chi connectivity index (χ0v) is 9.60. The fourth-order valence-electron chi connectivity index (χ4n) is 2.23. The highest BCUT2D eigenvalue weighted by atomic mass is 16.6. The van der Waals surface area contributed by atoms with Crippen LogP contribution in [0.1, 0.15) is 25.7 Å². The lowest BCUT2D eigenvalue weighted by atomic mass is 9.94. The number of hydrogen-bond acceptors (Lipinski definition) is 4. The highest BCUT2D eigenvalue weighted by molar-refractivity contribution is 4.80. The molecule has 0 aromatic heterocycles. The number of hydrogen-bond donors (Lipinski definition) is 0. The Hall–Kier alpha value is -0.160. The van der Waals surface area contributed by atoms with Crippen LogP contribution in [0.5, 0.6) is 0 Å². The second kappa shape index (κ2) is 5.00. The van der Waals surface area contributed by atoms with E-state index in [-0.39, 0.29) is 12.2 Å². The largest absolute Gasteiger partial charge is 0.373 e.